The average molecular weight is 798 g/mol. The number of nitrogens with two attached hydrogens (primary N) is 1. The number of carbonyl (C=O) groups is 1. The van der Waals surface area contributed by atoms with Crippen LogP contribution in [0.25, 0.3) is 32.1 Å². The van der Waals surface area contributed by atoms with E-state index in [1.54, 1.807) is 6.07 Å². The summed E-state index contributed by atoms with van der Waals surface area (Å²) >= 11 is 13.8. The van der Waals surface area contributed by atoms with E-state index in [0.717, 1.165) is 48.2 Å². The molecule has 3 aliphatic heterocycles. The third-order valence-electron chi connectivity index (χ3n) is 11.2. The molecule has 0 bridgehead atoms. The zero-order chi connectivity index (χ0) is 37.5. The van der Waals surface area contributed by atoms with Crippen LogP contribution in [0, 0.1) is 23.0 Å². The van der Waals surface area contributed by atoms with Gasteiger partial charge in [0.25, 0.3) is 0 Å². The number of carbonyl (C=O) groups excluding carboxylic acids is 1. The lowest BCUT2D eigenvalue weighted by molar-refractivity contribution is 0.107. The van der Waals surface area contributed by atoms with Crippen molar-refractivity contribution in [1.82, 2.24) is 34.5 Å². The van der Waals surface area contributed by atoms with Crippen molar-refractivity contribution in [3.8, 4) is 23.2 Å². The summed E-state index contributed by atoms with van der Waals surface area (Å²) in [5, 5.41) is 14.5. The SMILES string of the molecule is N#Cc1c(N)sc2c(F)ccc(-c3c(Cl)cc4c(N5CCCC(N(C(=O)n6cnc(Cl)n6)C6CC6)C5)nc(OC[C@@]56CCCN5C[C@H](F)C6)nc4c3F)c12. The molecule has 280 valence electrons. The van der Waals surface area contributed by atoms with Crippen molar-refractivity contribution in [2.75, 3.05) is 43.4 Å². The van der Waals surface area contributed by atoms with Gasteiger partial charge in [-0.15, -0.1) is 16.4 Å². The van der Waals surface area contributed by atoms with Crippen LogP contribution in [0.5, 0.6) is 6.01 Å². The summed E-state index contributed by atoms with van der Waals surface area (Å²) in [5.41, 5.74) is 5.62. The van der Waals surface area contributed by atoms with E-state index in [9.17, 15) is 14.4 Å². The Morgan fingerprint density at radius 2 is 1.98 bits per heavy atom. The van der Waals surface area contributed by atoms with E-state index in [4.69, 9.17) is 38.7 Å². The van der Waals surface area contributed by atoms with Crippen LogP contribution >= 0.6 is 34.5 Å². The molecular weight excluding hydrogens is 764 g/mol. The van der Waals surface area contributed by atoms with Crippen molar-refractivity contribution in [2.45, 2.75) is 68.7 Å². The second kappa shape index (κ2) is 13.4. The molecule has 1 saturated carbocycles. The number of rotatable bonds is 7. The van der Waals surface area contributed by atoms with Gasteiger partial charge in [-0.05, 0) is 74.4 Å². The first-order chi connectivity index (χ1) is 26.0. The number of fused-ring (bicyclic) bond motifs is 3. The van der Waals surface area contributed by atoms with Gasteiger partial charge in [0, 0.05) is 48.4 Å². The van der Waals surface area contributed by atoms with Gasteiger partial charge in [-0.3, -0.25) is 4.90 Å². The topological polar surface area (TPSA) is 142 Å². The lowest BCUT2D eigenvalue weighted by atomic mass is 9.95. The fourth-order valence-corrected chi connectivity index (χ4v) is 10.0. The summed E-state index contributed by atoms with van der Waals surface area (Å²) < 4.78 is 54.5. The van der Waals surface area contributed by atoms with E-state index in [1.807, 2.05) is 15.9 Å². The molecular formula is C36H33Cl2F3N10O2S. The minimum Gasteiger partial charge on any atom is -0.461 e. The van der Waals surface area contributed by atoms with Crippen LogP contribution in [-0.2, 0) is 0 Å². The first-order valence-corrected chi connectivity index (χ1v) is 19.4. The molecule has 1 unspecified atom stereocenters. The van der Waals surface area contributed by atoms with Crippen LogP contribution in [0.2, 0.25) is 10.3 Å². The lowest BCUT2D eigenvalue weighted by Gasteiger charge is -2.40. The van der Waals surface area contributed by atoms with Crippen LogP contribution in [0.4, 0.5) is 28.8 Å². The minimum atomic E-state index is -0.975. The number of alkyl halides is 1. The predicted molar refractivity (Wildman–Crippen MR) is 199 cm³/mol. The molecule has 9 rings (SSSR count). The molecule has 3 saturated heterocycles. The molecule has 3 atom stereocenters. The van der Waals surface area contributed by atoms with E-state index in [-0.39, 0.29) is 78.3 Å². The van der Waals surface area contributed by atoms with Crippen molar-refractivity contribution in [3.63, 3.8) is 0 Å². The molecule has 6 heterocycles. The van der Waals surface area contributed by atoms with Gasteiger partial charge in [0.05, 0.1) is 26.9 Å². The molecule has 5 aromatic rings. The summed E-state index contributed by atoms with van der Waals surface area (Å²) in [5.74, 6) is -1.06. The Hall–Kier alpha value is -4.43. The molecule has 0 spiro atoms. The normalized spacial score (nSPS) is 22.9. The molecule has 2 aromatic carbocycles. The lowest BCUT2D eigenvalue weighted by Crippen LogP contribution is -2.52. The number of nitriles is 1. The monoisotopic (exact) mass is 796 g/mol. The van der Waals surface area contributed by atoms with E-state index in [2.05, 4.69) is 20.0 Å². The molecule has 2 N–H and O–H groups in total. The second-order valence-corrected chi connectivity index (χ2v) is 16.3. The van der Waals surface area contributed by atoms with Gasteiger partial charge in [-0.1, -0.05) is 17.7 Å². The Morgan fingerprint density at radius 1 is 1.15 bits per heavy atom. The smallest absolute Gasteiger partial charge is 0.346 e. The van der Waals surface area contributed by atoms with Crippen LogP contribution in [0.3, 0.4) is 0 Å². The van der Waals surface area contributed by atoms with Gasteiger partial charge in [0.1, 0.15) is 47.3 Å². The predicted octanol–water partition coefficient (Wildman–Crippen LogP) is 7.20. The van der Waals surface area contributed by atoms with Crippen LogP contribution in [0.15, 0.2) is 24.5 Å². The van der Waals surface area contributed by atoms with Gasteiger partial charge >= 0.3 is 12.0 Å². The number of piperidine rings is 1. The fraction of sp³-hybridized carbons (Fsp3) is 0.444. The number of amides is 1. The zero-order valence-electron chi connectivity index (χ0n) is 28.7. The quantitative estimate of drug-likeness (QED) is 0.180. The van der Waals surface area contributed by atoms with Gasteiger partial charge in [-0.25, -0.2) is 22.9 Å². The Balaban J connectivity index is 1.15. The molecule has 3 aromatic heterocycles. The molecule has 12 nitrogen and oxygen atoms in total. The first-order valence-electron chi connectivity index (χ1n) is 17.8. The van der Waals surface area contributed by atoms with Gasteiger partial charge in [-0.2, -0.15) is 19.9 Å². The van der Waals surface area contributed by atoms with E-state index >= 15 is 8.78 Å². The first kappa shape index (κ1) is 35.3. The Kier molecular flexibility index (Phi) is 8.75. The maximum atomic E-state index is 17.2. The third kappa shape index (κ3) is 5.87. The van der Waals surface area contributed by atoms with Crippen molar-refractivity contribution < 1.29 is 22.7 Å². The summed E-state index contributed by atoms with van der Waals surface area (Å²) in [4.78, 5) is 33.0. The maximum Gasteiger partial charge on any atom is 0.346 e. The van der Waals surface area contributed by atoms with Crippen molar-refractivity contribution in [3.05, 3.63) is 52.0 Å². The number of ether oxygens (including phenoxy) is 1. The summed E-state index contributed by atoms with van der Waals surface area (Å²) in [6.07, 6.45) is 5.40. The Morgan fingerprint density at radius 3 is 2.74 bits per heavy atom. The standard InChI is InChI=1S/C36H33Cl2F3N10O2S/c37-24-11-22-29(28(41)27(24)21-6-7-25(40)30-26(21)23(13-42)31(43)54-30)45-34(53-16-36-8-2-10-49(36)14-18(39)12-36)46-32(22)48-9-1-3-20(15-48)51(19-4-5-19)35(52)50-17-44-33(38)47-50/h6-7,11,17-20H,1-5,8-10,12,14-16,43H2/t18-,20?,36+/m1/s1. The number of anilines is 2. The van der Waals surface area contributed by atoms with Gasteiger partial charge < -0.3 is 20.3 Å². The van der Waals surface area contributed by atoms with Crippen molar-refractivity contribution in [2.24, 2.45) is 0 Å². The minimum absolute atomic E-state index is 0.00748. The number of hydrogen-bond donors (Lipinski definition) is 1. The average Bonchev–Trinajstić information content (AvgIpc) is 3.42. The number of thiophene rings is 1. The van der Waals surface area contributed by atoms with Crippen molar-refractivity contribution in [1.29, 1.82) is 5.26 Å². The highest BCUT2D eigenvalue weighted by atomic mass is 35.5. The number of benzene rings is 2. The van der Waals surface area contributed by atoms with Crippen LogP contribution in [0.1, 0.15) is 50.5 Å². The van der Waals surface area contributed by atoms with Gasteiger partial charge in [0.2, 0.25) is 5.28 Å². The summed E-state index contributed by atoms with van der Waals surface area (Å²) in [6, 6.07) is 5.51. The van der Waals surface area contributed by atoms with Crippen LogP contribution in [-0.4, -0.2) is 97.1 Å². The highest BCUT2D eigenvalue weighted by Gasteiger charge is 2.49. The molecule has 1 amide bonds. The summed E-state index contributed by atoms with van der Waals surface area (Å²) in [6.45, 7) is 2.10. The maximum absolute atomic E-state index is 17.2. The zero-order valence-corrected chi connectivity index (χ0v) is 31.1. The van der Waals surface area contributed by atoms with Gasteiger partial charge in [0.15, 0.2) is 5.82 Å². The molecule has 0 radical (unpaired) electrons. The highest BCUT2D eigenvalue weighted by molar-refractivity contribution is 7.23. The number of hydrogen-bond acceptors (Lipinski definition) is 11. The van der Waals surface area contributed by atoms with E-state index in [0.29, 0.717) is 50.1 Å². The largest absolute Gasteiger partial charge is 0.461 e. The van der Waals surface area contributed by atoms with E-state index in [1.165, 1.54) is 18.5 Å². The number of halogens is 5. The number of nitrogen functional groups attached to an aromatic ring is 1. The molecule has 4 aliphatic rings. The summed E-state index contributed by atoms with van der Waals surface area (Å²) in [7, 11) is 0. The highest BCUT2D eigenvalue weighted by Crippen LogP contribution is 2.46. The molecule has 54 heavy (non-hydrogen) atoms. The third-order valence-corrected chi connectivity index (χ3v) is 12.7. The molecule has 1 aliphatic carbocycles. The van der Waals surface area contributed by atoms with Crippen LogP contribution < -0.4 is 15.4 Å². The fourth-order valence-electron chi connectivity index (χ4n) is 8.66. The van der Waals surface area contributed by atoms with Crippen molar-refractivity contribution >= 4 is 72.4 Å². The molecule has 4 fully saturated rings. The Bertz CT molecular complexity index is 2380. The number of nitrogens with zero attached hydrogens (tertiary/aromatic N) is 9. The van der Waals surface area contributed by atoms with E-state index < -0.39 is 23.3 Å². The second-order valence-electron chi connectivity index (χ2n) is 14.5. The number of aromatic nitrogens is 5. The molecule has 18 heteroatoms. The Labute approximate surface area is 321 Å².